The molecule has 0 bridgehead atoms. The molecule has 0 radical (unpaired) electrons. The van der Waals surface area contributed by atoms with Gasteiger partial charge in [0.25, 0.3) is 5.91 Å². The molecule has 2 amide bonds. The summed E-state index contributed by atoms with van der Waals surface area (Å²) < 4.78 is 0. The van der Waals surface area contributed by atoms with Gasteiger partial charge in [-0.1, -0.05) is 30.3 Å². The van der Waals surface area contributed by atoms with Crippen LogP contribution in [0.5, 0.6) is 0 Å². The normalized spacial score (nSPS) is 19.5. The maximum atomic E-state index is 11.7. The molecule has 1 aliphatic heterocycles. The van der Waals surface area contributed by atoms with E-state index in [0.717, 1.165) is 5.56 Å². The zero-order valence-electron chi connectivity index (χ0n) is 9.43. The minimum atomic E-state index is -0.341. The zero-order chi connectivity index (χ0) is 12.3. The molecule has 1 aromatic carbocycles. The van der Waals surface area contributed by atoms with Gasteiger partial charge in [-0.25, -0.2) is 5.84 Å². The van der Waals surface area contributed by atoms with Crippen LogP contribution in [0, 0.1) is 0 Å². The van der Waals surface area contributed by atoms with Crippen LogP contribution in [0.15, 0.2) is 30.3 Å². The number of carbonyl (C=O) groups excluding carboxylic acids is 2. The summed E-state index contributed by atoms with van der Waals surface area (Å²) in [5.41, 5.74) is 3.17. The van der Waals surface area contributed by atoms with E-state index in [1.165, 1.54) is 0 Å². The fraction of sp³-hybridized carbons (Fsp3) is 0.333. The molecule has 3 N–H and O–H groups in total. The molecule has 17 heavy (non-hydrogen) atoms. The average Bonchev–Trinajstić information content (AvgIpc) is 2.72. The SMILES string of the molecule is NNC(=O)CN1CC(c2ccccc2)CC1=O. The molecule has 1 aromatic rings. The van der Waals surface area contributed by atoms with Gasteiger partial charge in [0.1, 0.15) is 6.54 Å². The number of nitrogens with two attached hydrogens (primary N) is 1. The number of hydrogen-bond acceptors (Lipinski definition) is 3. The molecule has 5 nitrogen and oxygen atoms in total. The molecule has 5 heteroatoms. The number of nitrogens with zero attached hydrogens (tertiary/aromatic N) is 1. The fourth-order valence-corrected chi connectivity index (χ4v) is 2.09. The Morgan fingerprint density at radius 3 is 2.76 bits per heavy atom. The van der Waals surface area contributed by atoms with E-state index in [0.29, 0.717) is 13.0 Å². The molecular weight excluding hydrogens is 218 g/mol. The highest BCUT2D eigenvalue weighted by atomic mass is 16.2. The van der Waals surface area contributed by atoms with Gasteiger partial charge in [0, 0.05) is 18.9 Å². The summed E-state index contributed by atoms with van der Waals surface area (Å²) >= 11 is 0. The summed E-state index contributed by atoms with van der Waals surface area (Å²) in [4.78, 5) is 24.4. The Morgan fingerprint density at radius 1 is 1.41 bits per heavy atom. The number of rotatable bonds is 3. The Morgan fingerprint density at radius 2 is 2.12 bits per heavy atom. The maximum absolute atomic E-state index is 11.7. The topological polar surface area (TPSA) is 75.4 Å². The Kier molecular flexibility index (Phi) is 3.39. The summed E-state index contributed by atoms with van der Waals surface area (Å²) in [6.07, 6.45) is 0.460. The highest BCUT2D eigenvalue weighted by molar-refractivity contribution is 5.86. The van der Waals surface area contributed by atoms with Crippen molar-refractivity contribution in [2.24, 2.45) is 5.84 Å². The quantitative estimate of drug-likeness (QED) is 0.438. The van der Waals surface area contributed by atoms with Crippen molar-refractivity contribution in [1.29, 1.82) is 0 Å². The molecule has 0 saturated carbocycles. The van der Waals surface area contributed by atoms with Crippen LogP contribution in [0.4, 0.5) is 0 Å². The Balaban J connectivity index is 2.02. The smallest absolute Gasteiger partial charge is 0.253 e. The van der Waals surface area contributed by atoms with Gasteiger partial charge in [-0.15, -0.1) is 0 Å². The van der Waals surface area contributed by atoms with Crippen molar-refractivity contribution in [3.63, 3.8) is 0 Å². The van der Waals surface area contributed by atoms with Gasteiger partial charge < -0.3 is 4.90 Å². The summed E-state index contributed by atoms with van der Waals surface area (Å²) in [6.45, 7) is 0.620. The molecule has 0 aromatic heterocycles. The van der Waals surface area contributed by atoms with Crippen LogP contribution in [0.2, 0.25) is 0 Å². The summed E-state index contributed by atoms with van der Waals surface area (Å²) in [7, 11) is 0. The molecule has 1 aliphatic rings. The predicted octanol–water partition coefficient (Wildman–Crippen LogP) is -0.00760. The lowest BCUT2D eigenvalue weighted by Gasteiger charge is -2.15. The molecule has 0 spiro atoms. The van der Waals surface area contributed by atoms with E-state index in [-0.39, 0.29) is 24.3 Å². The van der Waals surface area contributed by atoms with Crippen molar-refractivity contribution < 1.29 is 9.59 Å². The van der Waals surface area contributed by atoms with E-state index >= 15 is 0 Å². The summed E-state index contributed by atoms with van der Waals surface area (Å²) in [5, 5.41) is 0. The minimum absolute atomic E-state index is 0.00227. The van der Waals surface area contributed by atoms with Crippen molar-refractivity contribution in [2.75, 3.05) is 13.1 Å². The number of hydrazine groups is 1. The second-order valence-corrected chi connectivity index (χ2v) is 4.15. The van der Waals surface area contributed by atoms with Gasteiger partial charge >= 0.3 is 0 Å². The summed E-state index contributed by atoms with van der Waals surface area (Å²) in [6, 6.07) is 9.86. The van der Waals surface area contributed by atoms with Crippen LogP contribution in [-0.4, -0.2) is 29.8 Å². The molecule has 2 rings (SSSR count). The van der Waals surface area contributed by atoms with E-state index in [2.05, 4.69) is 0 Å². The van der Waals surface area contributed by atoms with E-state index in [4.69, 9.17) is 5.84 Å². The van der Waals surface area contributed by atoms with Crippen LogP contribution < -0.4 is 11.3 Å². The highest BCUT2D eigenvalue weighted by Gasteiger charge is 2.31. The van der Waals surface area contributed by atoms with Crippen molar-refractivity contribution in [3.8, 4) is 0 Å². The fourth-order valence-electron chi connectivity index (χ4n) is 2.09. The second kappa shape index (κ2) is 4.97. The number of nitrogens with one attached hydrogen (secondary N) is 1. The van der Waals surface area contributed by atoms with E-state index in [9.17, 15) is 9.59 Å². The lowest BCUT2D eigenvalue weighted by molar-refractivity contribution is -0.133. The lowest BCUT2D eigenvalue weighted by atomic mass is 9.99. The average molecular weight is 233 g/mol. The van der Waals surface area contributed by atoms with Crippen molar-refractivity contribution >= 4 is 11.8 Å². The van der Waals surface area contributed by atoms with Crippen LogP contribution >= 0.6 is 0 Å². The number of benzene rings is 1. The maximum Gasteiger partial charge on any atom is 0.253 e. The molecule has 1 heterocycles. The van der Waals surface area contributed by atoms with Crippen molar-refractivity contribution in [1.82, 2.24) is 10.3 Å². The van der Waals surface area contributed by atoms with Crippen LogP contribution in [0.1, 0.15) is 17.9 Å². The standard InChI is InChI=1S/C12H15N3O2/c13-14-11(16)8-15-7-10(6-12(15)17)9-4-2-1-3-5-9/h1-5,10H,6-8,13H2,(H,14,16). The van der Waals surface area contributed by atoms with Crippen LogP contribution in [0.3, 0.4) is 0 Å². The minimum Gasteiger partial charge on any atom is -0.333 e. The van der Waals surface area contributed by atoms with Gasteiger partial charge in [-0.3, -0.25) is 15.0 Å². The summed E-state index contributed by atoms with van der Waals surface area (Å²) in [5.74, 6) is 4.84. The predicted molar refractivity (Wildman–Crippen MR) is 62.7 cm³/mol. The lowest BCUT2D eigenvalue weighted by Crippen LogP contribution is -2.41. The molecular formula is C12H15N3O2. The first-order valence-corrected chi connectivity index (χ1v) is 5.53. The third kappa shape index (κ3) is 2.62. The Hall–Kier alpha value is -1.88. The van der Waals surface area contributed by atoms with E-state index < -0.39 is 0 Å². The van der Waals surface area contributed by atoms with E-state index in [1.54, 1.807) is 4.90 Å². The number of amides is 2. The first-order valence-electron chi connectivity index (χ1n) is 5.53. The Bertz CT molecular complexity index is 419. The molecule has 1 fully saturated rings. The van der Waals surface area contributed by atoms with Crippen LogP contribution in [0.25, 0.3) is 0 Å². The van der Waals surface area contributed by atoms with E-state index in [1.807, 2.05) is 35.8 Å². The highest BCUT2D eigenvalue weighted by Crippen LogP contribution is 2.27. The van der Waals surface area contributed by atoms with Gasteiger partial charge in [0.05, 0.1) is 0 Å². The van der Waals surface area contributed by atoms with Gasteiger partial charge in [0.2, 0.25) is 5.91 Å². The third-order valence-electron chi connectivity index (χ3n) is 2.98. The Labute approximate surface area is 99.6 Å². The molecule has 1 saturated heterocycles. The monoisotopic (exact) mass is 233 g/mol. The first-order chi connectivity index (χ1) is 8.20. The first kappa shape index (κ1) is 11.6. The third-order valence-corrected chi connectivity index (χ3v) is 2.98. The molecule has 0 aliphatic carbocycles. The van der Waals surface area contributed by atoms with Crippen molar-refractivity contribution in [2.45, 2.75) is 12.3 Å². The number of likely N-dealkylation sites (tertiary alicyclic amines) is 1. The van der Waals surface area contributed by atoms with Crippen LogP contribution in [-0.2, 0) is 9.59 Å². The molecule has 90 valence electrons. The molecule has 1 atom stereocenters. The van der Waals surface area contributed by atoms with Crippen molar-refractivity contribution in [3.05, 3.63) is 35.9 Å². The van der Waals surface area contributed by atoms with Gasteiger partial charge in [-0.05, 0) is 5.56 Å². The second-order valence-electron chi connectivity index (χ2n) is 4.15. The zero-order valence-corrected chi connectivity index (χ0v) is 9.43. The number of carbonyl (C=O) groups is 2. The molecule has 1 unspecified atom stereocenters. The van der Waals surface area contributed by atoms with Gasteiger partial charge in [-0.2, -0.15) is 0 Å². The van der Waals surface area contributed by atoms with Gasteiger partial charge in [0.15, 0.2) is 0 Å². The number of hydrogen-bond donors (Lipinski definition) is 2. The largest absolute Gasteiger partial charge is 0.333 e.